The third-order valence-corrected chi connectivity index (χ3v) is 6.75. The molecule has 0 amide bonds. The van der Waals surface area contributed by atoms with Gasteiger partial charge in [-0.1, -0.05) is 20.8 Å². The molecule has 4 heteroatoms. The van der Waals surface area contributed by atoms with Gasteiger partial charge in [0.1, 0.15) is 0 Å². The number of rotatable bonds is 3. The molecule has 1 saturated carbocycles. The Morgan fingerprint density at radius 1 is 1.38 bits per heavy atom. The molecule has 0 radical (unpaired) electrons. The van der Waals surface area contributed by atoms with Crippen LogP contribution >= 0.6 is 27.3 Å². The Hall–Kier alpha value is 0.1000. The second kappa shape index (κ2) is 5.63. The molecule has 21 heavy (non-hydrogen) atoms. The van der Waals surface area contributed by atoms with Crippen molar-refractivity contribution in [3.8, 4) is 0 Å². The van der Waals surface area contributed by atoms with Gasteiger partial charge in [0, 0.05) is 36.1 Å². The van der Waals surface area contributed by atoms with Gasteiger partial charge in [-0.15, -0.1) is 11.3 Å². The summed E-state index contributed by atoms with van der Waals surface area (Å²) in [6, 6.07) is 5.05. The molecule has 1 saturated heterocycles. The SMILES string of the molecule is CC(C)(C)C1CNC(C)(C2CC2)CN1Cc1ccc(Br)s1. The van der Waals surface area contributed by atoms with E-state index in [0.717, 1.165) is 19.0 Å². The van der Waals surface area contributed by atoms with Gasteiger partial charge in [-0.25, -0.2) is 0 Å². The van der Waals surface area contributed by atoms with Crippen molar-refractivity contribution in [3.05, 3.63) is 20.8 Å². The number of nitrogens with one attached hydrogen (secondary N) is 1. The fourth-order valence-corrected chi connectivity index (χ4v) is 5.21. The molecule has 1 N–H and O–H groups in total. The summed E-state index contributed by atoms with van der Waals surface area (Å²) in [6.07, 6.45) is 2.81. The molecule has 2 atom stereocenters. The minimum Gasteiger partial charge on any atom is -0.308 e. The summed E-state index contributed by atoms with van der Waals surface area (Å²) in [5.74, 6) is 0.885. The number of thiophene rings is 1. The van der Waals surface area contributed by atoms with E-state index in [1.54, 1.807) is 0 Å². The number of halogens is 1. The van der Waals surface area contributed by atoms with E-state index in [4.69, 9.17) is 0 Å². The van der Waals surface area contributed by atoms with Gasteiger partial charge in [-0.3, -0.25) is 4.90 Å². The van der Waals surface area contributed by atoms with Crippen LogP contribution in [0.15, 0.2) is 15.9 Å². The van der Waals surface area contributed by atoms with Crippen molar-refractivity contribution in [1.82, 2.24) is 10.2 Å². The van der Waals surface area contributed by atoms with E-state index in [1.165, 1.54) is 28.0 Å². The first-order chi connectivity index (χ1) is 9.78. The van der Waals surface area contributed by atoms with Gasteiger partial charge in [0.25, 0.3) is 0 Å². The lowest BCUT2D eigenvalue weighted by molar-refractivity contribution is 0.0152. The molecule has 2 fully saturated rings. The fraction of sp³-hybridized carbons (Fsp3) is 0.765. The average Bonchev–Trinajstić information content (AvgIpc) is 3.14. The van der Waals surface area contributed by atoms with Crippen molar-refractivity contribution >= 4 is 27.3 Å². The molecule has 118 valence electrons. The third kappa shape index (κ3) is 3.54. The van der Waals surface area contributed by atoms with Gasteiger partial charge < -0.3 is 5.32 Å². The summed E-state index contributed by atoms with van der Waals surface area (Å²) >= 11 is 5.47. The lowest BCUT2D eigenvalue weighted by Gasteiger charge is -2.51. The van der Waals surface area contributed by atoms with Gasteiger partial charge in [-0.2, -0.15) is 0 Å². The van der Waals surface area contributed by atoms with Crippen LogP contribution in [0.4, 0.5) is 0 Å². The van der Waals surface area contributed by atoms with E-state index >= 15 is 0 Å². The van der Waals surface area contributed by atoms with Crippen LogP contribution in [-0.2, 0) is 6.54 Å². The molecular weight excluding hydrogens is 344 g/mol. The zero-order valence-corrected chi connectivity index (χ0v) is 16.0. The first-order valence-electron chi connectivity index (χ1n) is 8.01. The predicted octanol–water partition coefficient (Wildman–Crippen LogP) is 4.50. The summed E-state index contributed by atoms with van der Waals surface area (Å²) in [7, 11) is 0. The zero-order valence-electron chi connectivity index (χ0n) is 13.6. The van der Waals surface area contributed by atoms with Crippen LogP contribution in [0.1, 0.15) is 45.4 Å². The van der Waals surface area contributed by atoms with E-state index < -0.39 is 0 Å². The van der Waals surface area contributed by atoms with Crippen molar-refractivity contribution in [2.45, 2.75) is 58.7 Å². The molecule has 2 unspecified atom stereocenters. The molecule has 1 aromatic heterocycles. The van der Waals surface area contributed by atoms with E-state index in [0.29, 0.717) is 17.0 Å². The minimum atomic E-state index is 0.312. The van der Waals surface area contributed by atoms with Gasteiger partial charge >= 0.3 is 0 Å². The van der Waals surface area contributed by atoms with Crippen LogP contribution in [0, 0.1) is 11.3 Å². The van der Waals surface area contributed by atoms with E-state index in [-0.39, 0.29) is 0 Å². The van der Waals surface area contributed by atoms with Crippen molar-refractivity contribution < 1.29 is 0 Å². The van der Waals surface area contributed by atoms with Crippen molar-refractivity contribution in [2.75, 3.05) is 13.1 Å². The number of nitrogens with zero attached hydrogens (tertiary/aromatic N) is 1. The smallest absolute Gasteiger partial charge is 0.0701 e. The van der Waals surface area contributed by atoms with E-state index in [9.17, 15) is 0 Å². The lowest BCUT2D eigenvalue weighted by atomic mass is 9.80. The van der Waals surface area contributed by atoms with Crippen molar-refractivity contribution in [2.24, 2.45) is 11.3 Å². The molecule has 1 aliphatic carbocycles. The van der Waals surface area contributed by atoms with Crippen LogP contribution in [0.3, 0.4) is 0 Å². The van der Waals surface area contributed by atoms with Crippen LogP contribution < -0.4 is 5.32 Å². The maximum atomic E-state index is 3.89. The molecule has 2 aliphatic rings. The second-order valence-corrected chi connectivity index (χ2v) is 10.6. The largest absolute Gasteiger partial charge is 0.308 e. The normalized spacial score (nSPS) is 31.6. The first-order valence-corrected chi connectivity index (χ1v) is 9.62. The highest BCUT2D eigenvalue weighted by molar-refractivity contribution is 9.11. The Bertz CT molecular complexity index is 503. The van der Waals surface area contributed by atoms with Crippen molar-refractivity contribution in [3.63, 3.8) is 0 Å². The summed E-state index contributed by atoms with van der Waals surface area (Å²) in [6.45, 7) is 12.9. The maximum absolute atomic E-state index is 3.89. The summed E-state index contributed by atoms with van der Waals surface area (Å²) in [5.41, 5.74) is 0.628. The lowest BCUT2D eigenvalue weighted by Crippen LogP contribution is -2.66. The average molecular weight is 371 g/mol. The Morgan fingerprint density at radius 3 is 2.62 bits per heavy atom. The van der Waals surface area contributed by atoms with Crippen LogP contribution in [-0.4, -0.2) is 29.6 Å². The quantitative estimate of drug-likeness (QED) is 0.842. The van der Waals surface area contributed by atoms with Gasteiger partial charge in [0.15, 0.2) is 0 Å². The Balaban J connectivity index is 1.79. The highest BCUT2D eigenvalue weighted by Crippen LogP contribution is 2.43. The summed E-state index contributed by atoms with van der Waals surface area (Å²) in [5, 5.41) is 3.89. The van der Waals surface area contributed by atoms with Gasteiger partial charge in [0.2, 0.25) is 0 Å². The molecule has 2 heterocycles. The molecule has 3 rings (SSSR count). The Kier molecular flexibility index (Phi) is 4.28. The monoisotopic (exact) mass is 370 g/mol. The maximum Gasteiger partial charge on any atom is 0.0701 e. The summed E-state index contributed by atoms with van der Waals surface area (Å²) in [4.78, 5) is 4.20. The molecule has 0 bridgehead atoms. The molecule has 2 nitrogen and oxygen atoms in total. The highest BCUT2D eigenvalue weighted by atomic mass is 79.9. The topological polar surface area (TPSA) is 15.3 Å². The van der Waals surface area contributed by atoms with Crippen molar-refractivity contribution in [1.29, 1.82) is 0 Å². The van der Waals surface area contributed by atoms with E-state index in [2.05, 4.69) is 66.0 Å². The highest BCUT2D eigenvalue weighted by Gasteiger charge is 2.47. The summed E-state index contributed by atoms with van der Waals surface area (Å²) < 4.78 is 1.24. The van der Waals surface area contributed by atoms with Gasteiger partial charge in [0.05, 0.1) is 3.79 Å². The standard InChI is InChI=1S/C17H27BrN2S/c1-16(2,3)14-9-19-17(4,12-5-6-12)11-20(14)10-13-7-8-15(18)21-13/h7-8,12,14,19H,5-6,9-11H2,1-4H3. The Labute approximate surface area is 141 Å². The number of hydrogen-bond donors (Lipinski definition) is 1. The molecule has 1 aliphatic heterocycles. The Morgan fingerprint density at radius 2 is 2.10 bits per heavy atom. The van der Waals surface area contributed by atoms with Gasteiger partial charge in [-0.05, 0) is 59.2 Å². The van der Waals surface area contributed by atoms with Crippen LogP contribution in [0.5, 0.6) is 0 Å². The predicted molar refractivity (Wildman–Crippen MR) is 94.8 cm³/mol. The minimum absolute atomic E-state index is 0.312. The number of piperazine rings is 1. The fourth-order valence-electron chi connectivity index (χ4n) is 3.70. The van der Waals surface area contributed by atoms with Crippen LogP contribution in [0.25, 0.3) is 0 Å². The molecule has 0 aromatic carbocycles. The van der Waals surface area contributed by atoms with E-state index in [1.807, 2.05) is 11.3 Å². The molecular formula is C17H27BrN2S. The third-order valence-electron chi connectivity index (χ3n) is 5.14. The van der Waals surface area contributed by atoms with Crippen LogP contribution in [0.2, 0.25) is 0 Å². The first kappa shape index (κ1) is 16.0. The second-order valence-electron chi connectivity index (χ2n) is 8.07. The number of hydrogen-bond acceptors (Lipinski definition) is 3. The zero-order chi connectivity index (χ0) is 15.3. The molecule has 1 aromatic rings. The molecule has 0 spiro atoms.